The van der Waals surface area contributed by atoms with Crippen molar-refractivity contribution in [3.05, 3.63) is 70.3 Å². The number of rotatable bonds is 4. The van der Waals surface area contributed by atoms with Gasteiger partial charge in [0.1, 0.15) is 17.0 Å². The van der Waals surface area contributed by atoms with Crippen molar-refractivity contribution in [1.82, 2.24) is 25.3 Å². The van der Waals surface area contributed by atoms with Crippen LogP contribution in [0.2, 0.25) is 0 Å². The van der Waals surface area contributed by atoms with E-state index in [1.54, 1.807) is 49.7 Å². The van der Waals surface area contributed by atoms with Gasteiger partial charge in [0.15, 0.2) is 0 Å². The number of nitrogens with one attached hydrogen (secondary N) is 2. The number of nitrogens with zero attached hydrogens (tertiary/aromatic N) is 4. The number of alkyl carbamates (subject to hydrolysis) is 1. The summed E-state index contributed by atoms with van der Waals surface area (Å²) in [5, 5.41) is 14.9. The summed E-state index contributed by atoms with van der Waals surface area (Å²) < 4.78 is 13.2. The Morgan fingerprint density at radius 2 is 1.88 bits per heavy atom. The van der Waals surface area contributed by atoms with Crippen LogP contribution in [0.3, 0.4) is 0 Å². The smallest absolute Gasteiger partial charge is 0.421 e. The quantitative estimate of drug-likeness (QED) is 0.344. The summed E-state index contributed by atoms with van der Waals surface area (Å²) in [4.78, 5) is 40.1. The number of carbonyl (C=O) groups is 2. The molecule has 3 heterocycles. The summed E-state index contributed by atoms with van der Waals surface area (Å²) in [7, 11) is 1.78. The van der Waals surface area contributed by atoms with Gasteiger partial charge in [0.25, 0.3) is 5.56 Å². The fourth-order valence-electron chi connectivity index (χ4n) is 5.83. The number of aryl methyl sites for hydroxylation is 1. The van der Waals surface area contributed by atoms with Crippen LogP contribution in [0.25, 0.3) is 21.9 Å². The van der Waals surface area contributed by atoms with E-state index in [1.807, 2.05) is 36.4 Å². The molecule has 1 fully saturated rings. The lowest BCUT2D eigenvalue weighted by atomic mass is 9.88. The predicted octanol–water partition coefficient (Wildman–Crippen LogP) is 5.41. The fourth-order valence-corrected chi connectivity index (χ4v) is 5.83. The number of anilines is 2. The van der Waals surface area contributed by atoms with Gasteiger partial charge in [-0.15, -0.1) is 0 Å². The van der Waals surface area contributed by atoms with Crippen molar-refractivity contribution >= 4 is 34.5 Å². The molecule has 0 unspecified atom stereocenters. The highest BCUT2D eigenvalue weighted by atomic mass is 16.6. The van der Waals surface area contributed by atoms with Crippen LogP contribution in [0.1, 0.15) is 57.7 Å². The Kier molecular flexibility index (Phi) is 6.32. The van der Waals surface area contributed by atoms with Gasteiger partial charge < -0.3 is 14.8 Å². The van der Waals surface area contributed by atoms with Gasteiger partial charge in [-0.25, -0.2) is 19.6 Å². The topological polar surface area (TPSA) is 131 Å². The number of hydrogen-bond acceptors (Lipinski definition) is 7. The number of benzene rings is 2. The first-order chi connectivity index (χ1) is 19.6. The monoisotopic (exact) mass is 556 g/mol. The first kappa shape index (κ1) is 26.5. The second kappa shape index (κ2) is 9.76. The van der Waals surface area contributed by atoms with Crippen LogP contribution < -0.4 is 15.8 Å². The molecular formula is C30H32N6O5. The standard InChI is InChI=1S/C30H32N6O5/c1-29(2,3)40-27(38)31-17-23-20-15-18(11-12-19(20)25(37)34-33-23)21-16-32-35(4)26(21)36-24-10-6-5-9-22(24)30(41-28(36)39)13-7-8-14-30/h5-6,9-12,15-16H,7-8,13-14,17H2,1-4H3,(H,31,38)(H,34,37). The maximum Gasteiger partial charge on any atom is 0.421 e. The zero-order valence-corrected chi connectivity index (χ0v) is 23.5. The Morgan fingerprint density at radius 3 is 2.63 bits per heavy atom. The van der Waals surface area contributed by atoms with E-state index < -0.39 is 23.4 Å². The third-order valence-corrected chi connectivity index (χ3v) is 7.61. The summed E-state index contributed by atoms with van der Waals surface area (Å²) in [6.45, 7) is 5.38. The lowest BCUT2D eigenvalue weighted by Gasteiger charge is -2.40. The van der Waals surface area contributed by atoms with Crippen LogP contribution in [0, 0.1) is 0 Å². The van der Waals surface area contributed by atoms with Crippen LogP contribution in [-0.4, -0.2) is 37.8 Å². The molecule has 212 valence electrons. The lowest BCUT2D eigenvalue weighted by Crippen LogP contribution is -2.43. The van der Waals surface area contributed by atoms with E-state index in [1.165, 1.54) is 0 Å². The molecule has 11 heteroatoms. The second-order valence-electron chi connectivity index (χ2n) is 11.5. The molecule has 4 aromatic rings. The molecule has 1 saturated carbocycles. The van der Waals surface area contributed by atoms with Crippen LogP contribution in [0.5, 0.6) is 0 Å². The molecule has 0 saturated heterocycles. The molecule has 0 bridgehead atoms. The van der Waals surface area contributed by atoms with E-state index in [2.05, 4.69) is 20.6 Å². The summed E-state index contributed by atoms with van der Waals surface area (Å²) in [6.07, 6.45) is 4.26. The molecule has 2 aromatic carbocycles. The van der Waals surface area contributed by atoms with Crippen LogP contribution in [0.4, 0.5) is 21.1 Å². The van der Waals surface area contributed by atoms with Gasteiger partial charge in [-0.2, -0.15) is 10.2 Å². The Labute approximate surface area is 236 Å². The number of aromatic nitrogens is 4. The largest absolute Gasteiger partial charge is 0.444 e. The zero-order valence-electron chi connectivity index (χ0n) is 23.5. The van der Waals surface area contributed by atoms with Gasteiger partial charge in [0.05, 0.1) is 29.5 Å². The first-order valence-corrected chi connectivity index (χ1v) is 13.7. The molecular weight excluding hydrogens is 524 g/mol. The number of carbonyl (C=O) groups excluding carboxylic acids is 2. The average molecular weight is 557 g/mol. The Bertz CT molecular complexity index is 1730. The number of aromatic amines is 1. The third-order valence-electron chi connectivity index (χ3n) is 7.61. The van der Waals surface area contributed by atoms with Gasteiger partial charge in [-0.3, -0.25) is 9.48 Å². The molecule has 2 aromatic heterocycles. The van der Waals surface area contributed by atoms with Crippen LogP contribution >= 0.6 is 0 Å². The number of ether oxygens (including phenoxy) is 2. The Morgan fingerprint density at radius 1 is 1.12 bits per heavy atom. The first-order valence-electron chi connectivity index (χ1n) is 13.7. The fraction of sp³-hybridized carbons (Fsp3) is 0.367. The second-order valence-corrected chi connectivity index (χ2v) is 11.5. The molecule has 2 amide bonds. The Balaban J connectivity index is 1.42. The molecule has 0 atom stereocenters. The normalized spacial score (nSPS) is 16.1. The number of hydrogen-bond donors (Lipinski definition) is 2. The zero-order chi connectivity index (χ0) is 28.9. The average Bonchev–Trinajstić information content (AvgIpc) is 3.54. The van der Waals surface area contributed by atoms with E-state index in [9.17, 15) is 14.4 Å². The number of H-pyrrole nitrogens is 1. The van der Waals surface area contributed by atoms with Gasteiger partial charge in [-0.05, 0) is 70.2 Å². The summed E-state index contributed by atoms with van der Waals surface area (Å²) >= 11 is 0. The summed E-state index contributed by atoms with van der Waals surface area (Å²) in [5.41, 5.74) is 2.02. The number of para-hydroxylation sites is 1. The molecule has 1 aliphatic heterocycles. The van der Waals surface area contributed by atoms with Crippen molar-refractivity contribution in [3.63, 3.8) is 0 Å². The molecule has 0 radical (unpaired) electrons. The highest BCUT2D eigenvalue weighted by Gasteiger charge is 2.48. The lowest BCUT2D eigenvalue weighted by molar-refractivity contribution is 0.0126. The van der Waals surface area contributed by atoms with Gasteiger partial charge in [0.2, 0.25) is 0 Å². The van der Waals surface area contributed by atoms with Gasteiger partial charge >= 0.3 is 12.2 Å². The molecule has 41 heavy (non-hydrogen) atoms. The molecule has 6 rings (SSSR count). The minimum absolute atomic E-state index is 0.0411. The van der Waals surface area contributed by atoms with Crippen molar-refractivity contribution in [2.24, 2.45) is 7.05 Å². The van der Waals surface area contributed by atoms with E-state index in [0.717, 1.165) is 42.5 Å². The van der Waals surface area contributed by atoms with E-state index in [-0.39, 0.29) is 12.1 Å². The molecule has 2 aliphatic rings. The van der Waals surface area contributed by atoms with Gasteiger partial charge in [0, 0.05) is 23.6 Å². The molecule has 2 N–H and O–H groups in total. The van der Waals surface area contributed by atoms with E-state index >= 15 is 0 Å². The number of fused-ring (bicyclic) bond motifs is 3. The van der Waals surface area contributed by atoms with Crippen molar-refractivity contribution in [2.75, 3.05) is 4.90 Å². The summed E-state index contributed by atoms with van der Waals surface area (Å²) in [6, 6.07) is 13.2. The Hall–Kier alpha value is -4.67. The van der Waals surface area contributed by atoms with Crippen molar-refractivity contribution in [2.45, 2.75) is 64.2 Å². The minimum atomic E-state index is -0.653. The molecule has 1 aliphatic carbocycles. The predicted molar refractivity (Wildman–Crippen MR) is 153 cm³/mol. The van der Waals surface area contributed by atoms with Crippen molar-refractivity contribution in [1.29, 1.82) is 0 Å². The summed E-state index contributed by atoms with van der Waals surface area (Å²) in [5.74, 6) is 0.542. The van der Waals surface area contributed by atoms with Crippen LogP contribution in [-0.2, 0) is 28.7 Å². The van der Waals surface area contributed by atoms with Gasteiger partial charge in [-0.1, -0.05) is 24.3 Å². The van der Waals surface area contributed by atoms with E-state index in [0.29, 0.717) is 27.8 Å². The highest BCUT2D eigenvalue weighted by molar-refractivity contribution is 6.02. The van der Waals surface area contributed by atoms with E-state index in [4.69, 9.17) is 9.47 Å². The number of amides is 2. The van der Waals surface area contributed by atoms with Crippen molar-refractivity contribution in [3.8, 4) is 11.1 Å². The maximum atomic E-state index is 13.7. The molecule has 1 spiro atoms. The van der Waals surface area contributed by atoms with Crippen molar-refractivity contribution < 1.29 is 19.1 Å². The SMILES string of the molecule is Cn1ncc(-c2ccc3c(=O)[nH]nc(CNC(=O)OC(C)(C)C)c3c2)c1N1C(=O)OC2(CCCC2)c2ccccc21. The third kappa shape index (κ3) is 4.71. The molecule has 11 nitrogen and oxygen atoms in total. The maximum absolute atomic E-state index is 13.7. The minimum Gasteiger partial charge on any atom is -0.444 e. The van der Waals surface area contributed by atoms with Crippen LogP contribution in [0.15, 0.2) is 53.5 Å². The highest BCUT2D eigenvalue weighted by Crippen LogP contribution is 2.51.